The first kappa shape index (κ1) is 15.3. The van der Waals surface area contributed by atoms with Crippen LogP contribution in [0.15, 0.2) is 59.3 Å². The van der Waals surface area contributed by atoms with E-state index in [2.05, 4.69) is 27.1 Å². The van der Waals surface area contributed by atoms with Gasteiger partial charge in [-0.25, -0.2) is 4.68 Å². The summed E-state index contributed by atoms with van der Waals surface area (Å²) >= 11 is 3.50. The molecular formula is C18H14BrN3O. The van der Waals surface area contributed by atoms with Crippen molar-refractivity contribution < 1.29 is 4.74 Å². The van der Waals surface area contributed by atoms with Crippen LogP contribution in [0.4, 0.5) is 0 Å². The number of hydrogen-bond donors (Lipinski definition) is 0. The van der Waals surface area contributed by atoms with Gasteiger partial charge in [-0.15, -0.1) is 0 Å². The zero-order valence-electron chi connectivity index (χ0n) is 12.5. The predicted octanol–water partition coefficient (Wildman–Crippen LogP) is 4.38. The number of nitriles is 1. The average molecular weight is 368 g/mol. The Morgan fingerprint density at radius 2 is 1.96 bits per heavy atom. The molecule has 0 saturated heterocycles. The van der Waals surface area contributed by atoms with E-state index in [1.54, 1.807) is 18.0 Å². The van der Waals surface area contributed by atoms with Crippen LogP contribution in [0.5, 0.6) is 5.75 Å². The first-order valence-electron chi connectivity index (χ1n) is 7.07. The molecule has 3 rings (SSSR count). The smallest absolute Gasteiger partial charge is 0.119 e. The molecule has 0 spiro atoms. The van der Waals surface area contributed by atoms with Crippen molar-refractivity contribution in [3.05, 3.63) is 64.9 Å². The van der Waals surface area contributed by atoms with E-state index in [4.69, 9.17) is 10.00 Å². The quantitative estimate of drug-likeness (QED) is 0.687. The number of benzene rings is 2. The largest absolute Gasteiger partial charge is 0.497 e. The van der Waals surface area contributed by atoms with E-state index in [1.807, 2.05) is 48.5 Å². The summed E-state index contributed by atoms with van der Waals surface area (Å²) in [7, 11) is 1.66. The molecule has 0 bridgehead atoms. The molecule has 2 aromatic carbocycles. The summed E-state index contributed by atoms with van der Waals surface area (Å²) in [6, 6.07) is 18.2. The molecule has 0 atom stereocenters. The monoisotopic (exact) mass is 367 g/mol. The zero-order valence-corrected chi connectivity index (χ0v) is 14.1. The van der Waals surface area contributed by atoms with Crippen molar-refractivity contribution in [3.8, 4) is 28.6 Å². The Bertz CT molecular complexity index is 863. The second kappa shape index (κ2) is 6.67. The Morgan fingerprint density at radius 1 is 1.17 bits per heavy atom. The van der Waals surface area contributed by atoms with Gasteiger partial charge in [0.15, 0.2) is 0 Å². The minimum Gasteiger partial charge on any atom is -0.497 e. The fourth-order valence-corrected chi connectivity index (χ4v) is 2.89. The molecule has 0 radical (unpaired) electrons. The fourth-order valence-electron chi connectivity index (χ4n) is 2.35. The SMILES string of the molecule is COc1cccc(-c2ccc(-n3ncc(CC#N)c3Br)cc2)c1. The van der Waals surface area contributed by atoms with E-state index in [9.17, 15) is 0 Å². The molecule has 1 aromatic heterocycles. The molecule has 4 nitrogen and oxygen atoms in total. The maximum absolute atomic E-state index is 8.81. The third-order valence-corrected chi connectivity index (χ3v) is 4.41. The molecule has 0 aliphatic heterocycles. The Balaban J connectivity index is 1.92. The van der Waals surface area contributed by atoms with Crippen molar-refractivity contribution >= 4 is 15.9 Å². The molecule has 3 aromatic rings. The van der Waals surface area contributed by atoms with Crippen LogP contribution in [0.3, 0.4) is 0 Å². The first-order chi connectivity index (χ1) is 11.2. The van der Waals surface area contributed by atoms with Crippen LogP contribution in [0.25, 0.3) is 16.8 Å². The second-order valence-electron chi connectivity index (χ2n) is 4.99. The Hall–Kier alpha value is -2.58. The van der Waals surface area contributed by atoms with Crippen LogP contribution in [0.2, 0.25) is 0 Å². The van der Waals surface area contributed by atoms with Gasteiger partial charge < -0.3 is 4.74 Å². The summed E-state index contributed by atoms with van der Waals surface area (Å²) in [6.45, 7) is 0. The van der Waals surface area contributed by atoms with Crippen LogP contribution in [0, 0.1) is 11.3 Å². The Morgan fingerprint density at radius 3 is 2.65 bits per heavy atom. The summed E-state index contributed by atoms with van der Waals surface area (Å²) < 4.78 is 7.86. The molecule has 0 N–H and O–H groups in total. The molecule has 23 heavy (non-hydrogen) atoms. The first-order valence-corrected chi connectivity index (χ1v) is 7.86. The summed E-state index contributed by atoms with van der Waals surface area (Å²) in [4.78, 5) is 0. The molecule has 1 heterocycles. The minimum absolute atomic E-state index is 0.336. The number of methoxy groups -OCH3 is 1. The number of nitrogens with zero attached hydrogens (tertiary/aromatic N) is 3. The lowest BCUT2D eigenvalue weighted by Crippen LogP contribution is -1.96. The Kier molecular flexibility index (Phi) is 4.45. The summed E-state index contributed by atoms with van der Waals surface area (Å²) in [6.07, 6.45) is 2.05. The summed E-state index contributed by atoms with van der Waals surface area (Å²) in [5.41, 5.74) is 4.02. The van der Waals surface area contributed by atoms with E-state index in [0.29, 0.717) is 6.42 Å². The number of rotatable bonds is 4. The zero-order chi connectivity index (χ0) is 16.2. The van der Waals surface area contributed by atoms with Crippen molar-refractivity contribution in [2.75, 3.05) is 7.11 Å². The molecule has 0 fully saturated rings. The molecule has 5 heteroatoms. The standard InChI is InChI=1S/C18H14BrN3O/c1-23-17-4-2-3-14(11-17)13-5-7-16(8-6-13)22-18(19)15(9-10-20)12-21-22/h2-8,11-12H,9H2,1H3. The molecule has 0 aliphatic carbocycles. The van der Waals surface area contributed by atoms with Crippen molar-refractivity contribution in [1.29, 1.82) is 5.26 Å². The molecule has 0 aliphatic rings. The van der Waals surface area contributed by atoms with E-state index in [-0.39, 0.29) is 0 Å². The highest BCUT2D eigenvalue weighted by atomic mass is 79.9. The maximum atomic E-state index is 8.81. The highest BCUT2D eigenvalue weighted by Crippen LogP contribution is 2.26. The van der Waals surface area contributed by atoms with Crippen molar-refractivity contribution in [2.24, 2.45) is 0 Å². The molecule has 114 valence electrons. The van der Waals surface area contributed by atoms with Crippen LogP contribution in [0.1, 0.15) is 5.56 Å². The molecule has 0 unspecified atom stereocenters. The topological polar surface area (TPSA) is 50.8 Å². The number of hydrogen-bond acceptors (Lipinski definition) is 3. The van der Waals surface area contributed by atoms with Gasteiger partial charge in [0.25, 0.3) is 0 Å². The van der Waals surface area contributed by atoms with Crippen LogP contribution in [-0.2, 0) is 6.42 Å². The van der Waals surface area contributed by atoms with Crippen molar-refractivity contribution in [1.82, 2.24) is 9.78 Å². The van der Waals surface area contributed by atoms with Crippen LogP contribution >= 0.6 is 15.9 Å². The van der Waals surface area contributed by atoms with Gasteiger partial charge in [-0.1, -0.05) is 24.3 Å². The predicted molar refractivity (Wildman–Crippen MR) is 92.6 cm³/mol. The minimum atomic E-state index is 0.336. The van der Waals surface area contributed by atoms with Gasteiger partial charge >= 0.3 is 0 Å². The van der Waals surface area contributed by atoms with E-state index >= 15 is 0 Å². The van der Waals surface area contributed by atoms with E-state index in [0.717, 1.165) is 32.7 Å². The highest BCUT2D eigenvalue weighted by molar-refractivity contribution is 9.10. The van der Waals surface area contributed by atoms with Gasteiger partial charge in [0, 0.05) is 5.56 Å². The van der Waals surface area contributed by atoms with Crippen molar-refractivity contribution in [2.45, 2.75) is 6.42 Å². The van der Waals surface area contributed by atoms with Gasteiger partial charge in [-0.3, -0.25) is 0 Å². The molecule has 0 saturated carbocycles. The molecule has 0 amide bonds. The van der Waals surface area contributed by atoms with Crippen molar-refractivity contribution in [3.63, 3.8) is 0 Å². The van der Waals surface area contributed by atoms with Crippen LogP contribution < -0.4 is 4.74 Å². The normalized spacial score (nSPS) is 10.3. The van der Waals surface area contributed by atoms with Gasteiger partial charge in [0.05, 0.1) is 31.5 Å². The Labute approximate surface area is 143 Å². The third kappa shape index (κ3) is 3.13. The van der Waals surface area contributed by atoms with Gasteiger partial charge in [0.2, 0.25) is 0 Å². The van der Waals surface area contributed by atoms with Crippen LogP contribution in [-0.4, -0.2) is 16.9 Å². The fraction of sp³-hybridized carbons (Fsp3) is 0.111. The maximum Gasteiger partial charge on any atom is 0.119 e. The lowest BCUT2D eigenvalue weighted by Gasteiger charge is -2.07. The van der Waals surface area contributed by atoms with E-state index < -0.39 is 0 Å². The number of halogens is 1. The van der Waals surface area contributed by atoms with Gasteiger partial charge in [-0.2, -0.15) is 10.4 Å². The average Bonchev–Trinajstić information content (AvgIpc) is 2.96. The summed E-state index contributed by atoms with van der Waals surface area (Å²) in [5, 5.41) is 13.1. The third-order valence-electron chi connectivity index (χ3n) is 3.56. The lowest BCUT2D eigenvalue weighted by atomic mass is 10.1. The van der Waals surface area contributed by atoms with Gasteiger partial charge in [-0.05, 0) is 51.3 Å². The summed E-state index contributed by atoms with van der Waals surface area (Å²) in [5.74, 6) is 0.836. The number of ether oxygens (including phenoxy) is 1. The highest BCUT2D eigenvalue weighted by Gasteiger charge is 2.09. The number of aromatic nitrogens is 2. The van der Waals surface area contributed by atoms with Gasteiger partial charge in [0.1, 0.15) is 10.4 Å². The van der Waals surface area contributed by atoms with E-state index in [1.165, 1.54) is 0 Å². The lowest BCUT2D eigenvalue weighted by molar-refractivity contribution is 0.415. The molecular weight excluding hydrogens is 354 g/mol. The second-order valence-corrected chi connectivity index (χ2v) is 5.74.